The van der Waals surface area contributed by atoms with Crippen molar-refractivity contribution in [3.63, 3.8) is 0 Å². The van der Waals surface area contributed by atoms with E-state index in [9.17, 15) is 4.79 Å². The van der Waals surface area contributed by atoms with Gasteiger partial charge in [-0.15, -0.1) is 0 Å². The van der Waals surface area contributed by atoms with Gasteiger partial charge in [0.05, 0.1) is 0 Å². The summed E-state index contributed by atoms with van der Waals surface area (Å²) in [6.07, 6.45) is 7.01. The van der Waals surface area contributed by atoms with Crippen LogP contribution in [0.2, 0.25) is 0 Å². The zero-order valence-corrected chi connectivity index (χ0v) is 7.55. The van der Waals surface area contributed by atoms with E-state index < -0.39 is 0 Å². The Balaban J connectivity index is 3.99. The Morgan fingerprint density at radius 3 is 2.36 bits per heavy atom. The van der Waals surface area contributed by atoms with Crippen molar-refractivity contribution in [2.75, 3.05) is 0 Å². The second-order valence-corrected chi connectivity index (χ2v) is 2.79. The molecule has 0 radical (unpaired) electrons. The predicted octanol–water partition coefficient (Wildman–Crippen LogP) is 2.88. The molecule has 0 aromatic rings. The van der Waals surface area contributed by atoms with Crippen LogP contribution in [-0.4, -0.2) is 6.29 Å². The zero-order valence-electron chi connectivity index (χ0n) is 7.55. The third kappa shape index (κ3) is 5.59. The molecule has 0 saturated heterocycles. The normalized spacial score (nSPS) is 13.4. The van der Waals surface area contributed by atoms with Gasteiger partial charge in [-0.05, 0) is 25.8 Å². The maximum absolute atomic E-state index is 10.2. The summed E-state index contributed by atoms with van der Waals surface area (Å²) < 4.78 is 0. The summed E-state index contributed by atoms with van der Waals surface area (Å²) >= 11 is 0. The molecule has 11 heavy (non-hydrogen) atoms. The van der Waals surface area contributed by atoms with Gasteiger partial charge >= 0.3 is 0 Å². The van der Waals surface area contributed by atoms with Gasteiger partial charge in [-0.3, -0.25) is 4.79 Å². The fraction of sp³-hybridized carbons (Fsp3) is 0.500. The smallest absolute Gasteiger partial charge is 0.145 e. The quantitative estimate of drug-likeness (QED) is 0.344. The van der Waals surface area contributed by atoms with Crippen LogP contribution in [-0.2, 0) is 4.79 Å². The molecular weight excluding hydrogens is 136 g/mol. The van der Waals surface area contributed by atoms with Crippen molar-refractivity contribution in [3.8, 4) is 0 Å². The first-order valence-corrected chi connectivity index (χ1v) is 4.00. The minimum atomic E-state index is 0.778. The number of allylic oxidation sites excluding steroid dienone is 4. The van der Waals surface area contributed by atoms with Crippen LogP contribution >= 0.6 is 0 Å². The first-order chi connectivity index (χ1) is 5.20. The van der Waals surface area contributed by atoms with E-state index >= 15 is 0 Å². The number of hydrogen-bond acceptors (Lipinski definition) is 1. The molecule has 0 atom stereocenters. The van der Waals surface area contributed by atoms with E-state index in [0.717, 1.165) is 24.7 Å². The molecule has 0 N–H and O–H groups in total. The van der Waals surface area contributed by atoms with Gasteiger partial charge in [0.15, 0.2) is 0 Å². The van der Waals surface area contributed by atoms with Crippen LogP contribution in [0, 0.1) is 0 Å². The molecule has 0 unspecified atom stereocenters. The van der Waals surface area contributed by atoms with Crippen LogP contribution in [0.15, 0.2) is 23.3 Å². The summed E-state index contributed by atoms with van der Waals surface area (Å²) in [7, 11) is 0. The number of aldehydes is 1. The molecule has 1 heteroatoms. The lowest BCUT2D eigenvalue weighted by molar-refractivity contribution is -0.104. The Bertz CT molecular complexity index is 175. The number of hydrogen-bond donors (Lipinski definition) is 0. The largest absolute Gasteiger partial charge is 0.298 e. The molecule has 0 saturated carbocycles. The van der Waals surface area contributed by atoms with E-state index in [1.54, 1.807) is 0 Å². The fourth-order valence-corrected chi connectivity index (χ4v) is 0.791. The topological polar surface area (TPSA) is 17.1 Å². The van der Waals surface area contributed by atoms with Crippen molar-refractivity contribution in [2.45, 2.75) is 33.6 Å². The van der Waals surface area contributed by atoms with E-state index in [1.807, 2.05) is 19.1 Å². The average Bonchev–Trinajstić information content (AvgIpc) is 2.01. The SMILES string of the molecule is CCCC(C)=CC=C(C)C=O. The summed E-state index contributed by atoms with van der Waals surface area (Å²) in [5, 5.41) is 0. The molecule has 0 aliphatic heterocycles. The highest BCUT2D eigenvalue weighted by molar-refractivity contribution is 5.72. The summed E-state index contributed by atoms with van der Waals surface area (Å²) in [5.74, 6) is 0. The van der Waals surface area contributed by atoms with Gasteiger partial charge in [-0.1, -0.05) is 31.1 Å². The van der Waals surface area contributed by atoms with Crippen LogP contribution in [0.5, 0.6) is 0 Å². The Hall–Kier alpha value is -0.850. The minimum absolute atomic E-state index is 0.778. The molecule has 0 bridgehead atoms. The Kier molecular flexibility index (Phi) is 5.44. The molecule has 0 aliphatic rings. The van der Waals surface area contributed by atoms with Crippen molar-refractivity contribution >= 4 is 6.29 Å². The molecule has 0 rings (SSSR count). The molecule has 0 fully saturated rings. The lowest BCUT2D eigenvalue weighted by Gasteiger charge is -1.93. The van der Waals surface area contributed by atoms with Crippen molar-refractivity contribution < 1.29 is 4.79 Å². The maximum atomic E-state index is 10.2. The number of rotatable bonds is 4. The van der Waals surface area contributed by atoms with Gasteiger partial charge in [0.1, 0.15) is 6.29 Å². The first-order valence-electron chi connectivity index (χ1n) is 4.00. The molecule has 0 heterocycles. The highest BCUT2D eigenvalue weighted by Crippen LogP contribution is 2.03. The monoisotopic (exact) mass is 152 g/mol. The fourth-order valence-electron chi connectivity index (χ4n) is 0.791. The van der Waals surface area contributed by atoms with Crippen molar-refractivity contribution in [1.29, 1.82) is 0 Å². The molecule has 1 nitrogen and oxygen atoms in total. The molecule has 0 aromatic heterocycles. The zero-order chi connectivity index (χ0) is 8.69. The highest BCUT2D eigenvalue weighted by Gasteiger charge is 1.85. The van der Waals surface area contributed by atoms with Crippen LogP contribution in [0.4, 0.5) is 0 Å². The predicted molar refractivity (Wildman–Crippen MR) is 48.5 cm³/mol. The van der Waals surface area contributed by atoms with Gasteiger partial charge < -0.3 is 0 Å². The standard InChI is InChI=1S/C10H16O/c1-4-5-9(2)6-7-10(3)8-11/h6-8H,4-5H2,1-3H3. The van der Waals surface area contributed by atoms with Crippen molar-refractivity contribution in [1.82, 2.24) is 0 Å². The van der Waals surface area contributed by atoms with E-state index in [0.29, 0.717) is 0 Å². The Labute approximate surface area is 68.8 Å². The summed E-state index contributed by atoms with van der Waals surface area (Å²) in [6.45, 7) is 6.04. The van der Waals surface area contributed by atoms with E-state index in [2.05, 4.69) is 13.8 Å². The minimum Gasteiger partial charge on any atom is -0.298 e. The Morgan fingerprint density at radius 2 is 1.91 bits per heavy atom. The van der Waals surface area contributed by atoms with Gasteiger partial charge in [-0.2, -0.15) is 0 Å². The molecule has 0 aromatic carbocycles. The molecule has 62 valence electrons. The highest BCUT2D eigenvalue weighted by atomic mass is 16.1. The summed E-state index contributed by atoms with van der Waals surface area (Å²) in [6, 6.07) is 0. The third-order valence-corrected chi connectivity index (χ3v) is 1.46. The summed E-state index contributed by atoms with van der Waals surface area (Å²) in [4.78, 5) is 10.2. The molecule has 0 amide bonds. The molecule has 0 aliphatic carbocycles. The lowest BCUT2D eigenvalue weighted by Crippen LogP contribution is -1.76. The lowest BCUT2D eigenvalue weighted by atomic mass is 10.1. The number of carbonyl (C=O) groups excluding carboxylic acids is 1. The average molecular weight is 152 g/mol. The second-order valence-electron chi connectivity index (χ2n) is 2.79. The van der Waals surface area contributed by atoms with Gasteiger partial charge in [0.25, 0.3) is 0 Å². The van der Waals surface area contributed by atoms with Gasteiger partial charge in [0, 0.05) is 0 Å². The van der Waals surface area contributed by atoms with E-state index in [4.69, 9.17) is 0 Å². The van der Waals surface area contributed by atoms with Gasteiger partial charge in [-0.25, -0.2) is 0 Å². The van der Waals surface area contributed by atoms with E-state index in [1.165, 1.54) is 5.57 Å². The summed E-state index contributed by atoms with van der Waals surface area (Å²) in [5.41, 5.74) is 2.11. The van der Waals surface area contributed by atoms with Crippen molar-refractivity contribution in [2.24, 2.45) is 0 Å². The third-order valence-electron chi connectivity index (χ3n) is 1.46. The van der Waals surface area contributed by atoms with Crippen molar-refractivity contribution in [3.05, 3.63) is 23.3 Å². The first kappa shape index (κ1) is 10.2. The number of carbonyl (C=O) groups is 1. The Morgan fingerprint density at radius 1 is 1.27 bits per heavy atom. The van der Waals surface area contributed by atoms with Crippen LogP contribution in [0.25, 0.3) is 0 Å². The van der Waals surface area contributed by atoms with Crippen LogP contribution < -0.4 is 0 Å². The van der Waals surface area contributed by atoms with Crippen LogP contribution in [0.3, 0.4) is 0 Å². The molecule has 0 spiro atoms. The van der Waals surface area contributed by atoms with Gasteiger partial charge in [0.2, 0.25) is 0 Å². The van der Waals surface area contributed by atoms with Crippen LogP contribution in [0.1, 0.15) is 33.6 Å². The second kappa shape index (κ2) is 5.90. The maximum Gasteiger partial charge on any atom is 0.145 e. The molecular formula is C10H16O. The van der Waals surface area contributed by atoms with E-state index in [-0.39, 0.29) is 0 Å².